The summed E-state index contributed by atoms with van der Waals surface area (Å²) < 4.78 is 0. The highest BCUT2D eigenvalue weighted by Crippen LogP contribution is 2.25. The van der Waals surface area contributed by atoms with E-state index >= 15 is 0 Å². The lowest BCUT2D eigenvalue weighted by molar-refractivity contribution is 0.475. The van der Waals surface area contributed by atoms with Crippen LogP contribution in [0.5, 0.6) is 5.75 Å². The minimum Gasteiger partial charge on any atom is -0.508 e. The van der Waals surface area contributed by atoms with Gasteiger partial charge in [0.05, 0.1) is 6.21 Å². The number of hydrazone groups is 1. The van der Waals surface area contributed by atoms with Crippen molar-refractivity contribution >= 4 is 22.7 Å². The normalized spacial score (nSPS) is 10.9. The largest absolute Gasteiger partial charge is 0.508 e. The Morgan fingerprint density at radius 3 is 2.52 bits per heavy atom. The summed E-state index contributed by atoms with van der Waals surface area (Å²) in [6.45, 7) is 0. The number of aromatic hydroxyl groups is 1. The first kappa shape index (κ1) is 13.3. The fraction of sp³-hybridized carbons (Fsp3) is 0. The minimum atomic E-state index is 0.233. The van der Waals surface area contributed by atoms with Crippen molar-refractivity contribution in [3.8, 4) is 16.3 Å². The third-order valence-corrected chi connectivity index (χ3v) is 3.59. The standard InChI is InChI=1S/C15H12N4OS/c20-13-8-6-11(7-9-13)10-16-18-15-19-17-14(21-15)12-4-2-1-3-5-12/h1-10,20H,(H,18,19)/b16-10-. The topological polar surface area (TPSA) is 70.4 Å². The van der Waals surface area contributed by atoms with E-state index in [1.807, 2.05) is 30.3 Å². The lowest BCUT2D eigenvalue weighted by atomic mass is 10.2. The number of nitrogens with one attached hydrogen (secondary N) is 1. The van der Waals surface area contributed by atoms with Gasteiger partial charge in [-0.2, -0.15) is 5.10 Å². The van der Waals surface area contributed by atoms with E-state index in [2.05, 4.69) is 20.7 Å². The number of anilines is 1. The Labute approximate surface area is 125 Å². The van der Waals surface area contributed by atoms with E-state index in [9.17, 15) is 5.11 Å². The van der Waals surface area contributed by atoms with Crippen LogP contribution >= 0.6 is 11.3 Å². The molecule has 2 aromatic carbocycles. The molecule has 6 heteroatoms. The zero-order valence-corrected chi connectivity index (χ0v) is 11.8. The molecule has 0 aliphatic carbocycles. The van der Waals surface area contributed by atoms with Crippen LogP contribution in [0.25, 0.3) is 10.6 Å². The smallest absolute Gasteiger partial charge is 0.226 e. The van der Waals surface area contributed by atoms with Crippen LogP contribution in [0.4, 0.5) is 5.13 Å². The number of phenols is 1. The Balaban J connectivity index is 1.66. The second-order valence-corrected chi connectivity index (χ2v) is 5.22. The van der Waals surface area contributed by atoms with Crippen LogP contribution in [0.1, 0.15) is 5.56 Å². The van der Waals surface area contributed by atoms with Gasteiger partial charge in [-0.15, -0.1) is 10.2 Å². The Bertz CT molecular complexity index is 738. The van der Waals surface area contributed by atoms with Gasteiger partial charge < -0.3 is 5.11 Å². The van der Waals surface area contributed by atoms with Crippen molar-refractivity contribution in [2.45, 2.75) is 0 Å². The van der Waals surface area contributed by atoms with Gasteiger partial charge in [0.25, 0.3) is 0 Å². The minimum absolute atomic E-state index is 0.233. The van der Waals surface area contributed by atoms with Gasteiger partial charge >= 0.3 is 0 Å². The maximum atomic E-state index is 9.19. The third-order valence-electron chi connectivity index (χ3n) is 2.71. The van der Waals surface area contributed by atoms with E-state index in [4.69, 9.17) is 0 Å². The number of hydrogen-bond donors (Lipinski definition) is 2. The molecule has 0 atom stereocenters. The Kier molecular flexibility index (Phi) is 3.88. The molecule has 0 radical (unpaired) electrons. The number of aromatic nitrogens is 2. The van der Waals surface area contributed by atoms with E-state index in [1.165, 1.54) is 11.3 Å². The van der Waals surface area contributed by atoms with Crippen molar-refractivity contribution in [3.63, 3.8) is 0 Å². The van der Waals surface area contributed by atoms with Gasteiger partial charge in [0.15, 0.2) is 0 Å². The second kappa shape index (κ2) is 6.15. The third kappa shape index (κ3) is 3.43. The molecular formula is C15H12N4OS. The van der Waals surface area contributed by atoms with Crippen molar-refractivity contribution in [2.75, 3.05) is 5.43 Å². The van der Waals surface area contributed by atoms with Crippen molar-refractivity contribution < 1.29 is 5.11 Å². The highest BCUT2D eigenvalue weighted by Gasteiger charge is 2.04. The molecule has 1 heterocycles. The van der Waals surface area contributed by atoms with E-state index < -0.39 is 0 Å². The summed E-state index contributed by atoms with van der Waals surface area (Å²) in [4.78, 5) is 0. The lowest BCUT2D eigenvalue weighted by Gasteiger charge is -1.94. The number of phenolic OH excluding ortho intramolecular Hbond substituents is 1. The Hall–Kier alpha value is -2.73. The zero-order valence-electron chi connectivity index (χ0n) is 11.0. The molecular weight excluding hydrogens is 284 g/mol. The van der Waals surface area contributed by atoms with Crippen LogP contribution in [-0.4, -0.2) is 21.5 Å². The van der Waals surface area contributed by atoms with E-state index in [-0.39, 0.29) is 5.75 Å². The van der Waals surface area contributed by atoms with Crippen LogP contribution in [0.3, 0.4) is 0 Å². The Morgan fingerprint density at radius 2 is 1.76 bits per heavy atom. The molecule has 0 unspecified atom stereocenters. The van der Waals surface area contributed by atoms with Crippen LogP contribution < -0.4 is 5.43 Å². The molecule has 2 N–H and O–H groups in total. The highest BCUT2D eigenvalue weighted by atomic mass is 32.1. The second-order valence-electron chi connectivity index (χ2n) is 4.24. The molecule has 3 rings (SSSR count). The predicted octanol–water partition coefficient (Wildman–Crippen LogP) is 3.36. The molecule has 0 aliphatic rings. The fourth-order valence-electron chi connectivity index (χ4n) is 1.69. The molecule has 0 fully saturated rings. The van der Waals surface area contributed by atoms with Gasteiger partial charge in [-0.3, -0.25) is 5.43 Å². The van der Waals surface area contributed by atoms with Gasteiger partial charge in [-0.1, -0.05) is 41.7 Å². The summed E-state index contributed by atoms with van der Waals surface area (Å²) in [6, 6.07) is 16.6. The summed E-state index contributed by atoms with van der Waals surface area (Å²) in [5.74, 6) is 0.233. The molecule has 5 nitrogen and oxygen atoms in total. The van der Waals surface area contributed by atoms with Crippen molar-refractivity contribution in [3.05, 3.63) is 60.2 Å². The highest BCUT2D eigenvalue weighted by molar-refractivity contribution is 7.18. The Morgan fingerprint density at radius 1 is 1.00 bits per heavy atom. The van der Waals surface area contributed by atoms with Gasteiger partial charge in [0.1, 0.15) is 10.8 Å². The maximum absolute atomic E-state index is 9.19. The number of rotatable bonds is 4. The molecule has 21 heavy (non-hydrogen) atoms. The van der Waals surface area contributed by atoms with Crippen LogP contribution in [-0.2, 0) is 0 Å². The summed E-state index contributed by atoms with van der Waals surface area (Å²) in [5, 5.41) is 22.9. The van der Waals surface area contributed by atoms with Crippen molar-refractivity contribution in [1.82, 2.24) is 10.2 Å². The van der Waals surface area contributed by atoms with Crippen LogP contribution in [0.15, 0.2) is 59.7 Å². The van der Waals surface area contributed by atoms with E-state index in [0.29, 0.717) is 5.13 Å². The first-order chi connectivity index (χ1) is 10.3. The summed E-state index contributed by atoms with van der Waals surface area (Å²) in [7, 11) is 0. The molecule has 0 bridgehead atoms. The number of benzene rings is 2. The van der Waals surface area contributed by atoms with Crippen LogP contribution in [0, 0.1) is 0 Å². The molecule has 0 aliphatic heterocycles. The summed E-state index contributed by atoms with van der Waals surface area (Å²) in [6.07, 6.45) is 1.66. The first-order valence-corrected chi connectivity index (χ1v) is 7.10. The van der Waals surface area contributed by atoms with Gasteiger partial charge in [-0.05, 0) is 29.8 Å². The SMILES string of the molecule is Oc1ccc(/C=N\Nc2nnc(-c3ccccc3)s2)cc1. The lowest BCUT2D eigenvalue weighted by Crippen LogP contribution is -1.89. The molecule has 3 aromatic rings. The molecule has 0 amide bonds. The van der Waals surface area contributed by atoms with Crippen LogP contribution in [0.2, 0.25) is 0 Å². The molecule has 0 saturated carbocycles. The molecule has 0 saturated heterocycles. The average Bonchev–Trinajstić information content (AvgIpc) is 2.99. The van der Waals surface area contributed by atoms with E-state index in [1.54, 1.807) is 30.5 Å². The van der Waals surface area contributed by atoms with Crippen molar-refractivity contribution in [2.24, 2.45) is 5.10 Å². The molecule has 1 aromatic heterocycles. The van der Waals surface area contributed by atoms with Crippen molar-refractivity contribution in [1.29, 1.82) is 0 Å². The number of nitrogens with zero attached hydrogens (tertiary/aromatic N) is 3. The zero-order chi connectivity index (χ0) is 14.5. The monoisotopic (exact) mass is 296 g/mol. The fourth-order valence-corrected chi connectivity index (χ4v) is 2.39. The number of hydrogen-bond acceptors (Lipinski definition) is 6. The average molecular weight is 296 g/mol. The predicted molar refractivity (Wildman–Crippen MR) is 84.7 cm³/mol. The van der Waals surface area contributed by atoms with Gasteiger partial charge in [-0.25, -0.2) is 0 Å². The maximum Gasteiger partial charge on any atom is 0.226 e. The first-order valence-electron chi connectivity index (χ1n) is 6.28. The quantitative estimate of drug-likeness (QED) is 0.572. The summed E-state index contributed by atoms with van der Waals surface area (Å²) in [5.41, 5.74) is 4.77. The summed E-state index contributed by atoms with van der Waals surface area (Å²) >= 11 is 1.44. The van der Waals surface area contributed by atoms with Gasteiger partial charge in [0.2, 0.25) is 5.13 Å². The van der Waals surface area contributed by atoms with Gasteiger partial charge in [0, 0.05) is 5.56 Å². The van der Waals surface area contributed by atoms with E-state index in [0.717, 1.165) is 16.1 Å². The molecule has 0 spiro atoms. The molecule has 104 valence electrons.